The van der Waals surface area contributed by atoms with E-state index in [9.17, 15) is 17.3 Å². The zero-order chi connectivity index (χ0) is 52.9. The van der Waals surface area contributed by atoms with Crippen LogP contribution < -0.4 is 0 Å². The smallest absolute Gasteiger partial charge is 0.505 e. The first-order chi connectivity index (χ1) is 36.7. The zero-order valence-electron chi connectivity index (χ0n) is 43.9. The van der Waals surface area contributed by atoms with E-state index in [1.165, 1.54) is 161 Å². The molecule has 0 aliphatic rings. The molecule has 0 saturated carbocycles. The summed E-state index contributed by atoms with van der Waals surface area (Å²) in [6, 6.07) is 37.0. The van der Waals surface area contributed by atoms with Crippen molar-refractivity contribution >= 4 is 95.5 Å². The summed E-state index contributed by atoms with van der Waals surface area (Å²) in [5, 5.41) is 0. The number of aryl methyl sites for hydroxylation is 2. The van der Waals surface area contributed by atoms with Gasteiger partial charge in [0.1, 0.15) is 11.5 Å². The van der Waals surface area contributed by atoms with Gasteiger partial charge in [0.2, 0.25) is 0 Å². The van der Waals surface area contributed by atoms with Gasteiger partial charge in [-0.3, -0.25) is 9.98 Å². The first-order valence-electron chi connectivity index (χ1n) is 27.4. The summed E-state index contributed by atoms with van der Waals surface area (Å²) < 4.78 is 66.0. The van der Waals surface area contributed by atoms with Crippen molar-refractivity contribution in [2.45, 2.75) is 155 Å². The first-order valence-corrected chi connectivity index (χ1v) is 30.1. The highest BCUT2D eigenvalue weighted by Crippen LogP contribution is 2.47. The van der Waals surface area contributed by atoms with E-state index in [-0.39, 0.29) is 11.5 Å². The maximum atomic E-state index is 13.7. The molecule has 75 heavy (non-hydrogen) atoms. The summed E-state index contributed by atoms with van der Waals surface area (Å²) in [5.41, 5.74) is 7.18. The summed E-state index contributed by atoms with van der Waals surface area (Å²) in [5.74, 6) is 0.0850. The molecular formula is C62H73B2F4IN2O2S2. The van der Waals surface area contributed by atoms with E-state index in [2.05, 4.69) is 58.6 Å². The number of benzene rings is 4. The Morgan fingerprint density at radius 1 is 0.467 bits per heavy atom. The van der Waals surface area contributed by atoms with Gasteiger partial charge in [0.05, 0.1) is 11.4 Å². The van der Waals surface area contributed by atoms with Crippen molar-refractivity contribution in [2.75, 3.05) is 0 Å². The van der Waals surface area contributed by atoms with E-state index in [0.717, 1.165) is 50.1 Å². The van der Waals surface area contributed by atoms with Crippen LogP contribution in [0.3, 0.4) is 0 Å². The van der Waals surface area contributed by atoms with Crippen LogP contribution in [0.4, 0.5) is 28.6 Å². The summed E-state index contributed by atoms with van der Waals surface area (Å²) in [6.07, 6.45) is 33.2. The van der Waals surface area contributed by atoms with Gasteiger partial charge in [-0.05, 0) is 131 Å². The molecule has 0 radical (unpaired) electrons. The van der Waals surface area contributed by atoms with Crippen molar-refractivity contribution in [3.63, 3.8) is 0 Å². The predicted octanol–water partition coefficient (Wildman–Crippen LogP) is 21.7. The third-order valence-electron chi connectivity index (χ3n) is 13.2. The number of para-hydroxylation sites is 1. The lowest BCUT2D eigenvalue weighted by Gasteiger charge is -2.08. The lowest BCUT2D eigenvalue weighted by molar-refractivity contribution is 0.395. The number of allylic oxidation sites excluding steroid dienone is 2. The van der Waals surface area contributed by atoms with Crippen molar-refractivity contribution < 1.29 is 26.6 Å². The second-order valence-electron chi connectivity index (χ2n) is 19.1. The molecule has 2 aromatic heterocycles. The number of halogens is 5. The molecule has 6 aromatic rings. The Morgan fingerprint density at radius 2 is 0.827 bits per heavy atom. The summed E-state index contributed by atoms with van der Waals surface area (Å²) >= 11 is 5.83. The molecule has 0 N–H and O–H groups in total. The molecular weight excluding hydrogens is 1090 g/mol. The molecule has 13 heteroatoms. The van der Waals surface area contributed by atoms with E-state index < -0.39 is 14.9 Å². The van der Waals surface area contributed by atoms with Crippen LogP contribution in [0.15, 0.2) is 137 Å². The van der Waals surface area contributed by atoms with E-state index in [1.54, 1.807) is 22.7 Å². The summed E-state index contributed by atoms with van der Waals surface area (Å²) in [6.45, 7) is 4.53. The predicted molar refractivity (Wildman–Crippen MR) is 326 cm³/mol. The van der Waals surface area contributed by atoms with Gasteiger partial charge in [0.25, 0.3) is 0 Å². The van der Waals surface area contributed by atoms with Gasteiger partial charge in [0, 0.05) is 46.6 Å². The van der Waals surface area contributed by atoms with Gasteiger partial charge in [-0.2, -0.15) is 0 Å². The molecule has 396 valence electrons. The Morgan fingerprint density at radius 3 is 1.20 bits per heavy atom. The molecule has 0 aliphatic heterocycles. The second kappa shape index (κ2) is 34.1. The van der Waals surface area contributed by atoms with E-state index in [4.69, 9.17) is 9.31 Å². The number of unbranched alkanes of at least 4 members (excludes halogenated alkanes) is 18. The third kappa shape index (κ3) is 21.3. The van der Waals surface area contributed by atoms with Gasteiger partial charge < -0.3 is 9.31 Å². The average molecular weight is 1170 g/mol. The van der Waals surface area contributed by atoms with E-state index >= 15 is 0 Å². The maximum absolute atomic E-state index is 13.7. The fourth-order valence-electron chi connectivity index (χ4n) is 9.12. The third-order valence-corrected chi connectivity index (χ3v) is 16.6. The van der Waals surface area contributed by atoms with Crippen LogP contribution in [0.5, 0.6) is 0 Å². The lowest BCUT2D eigenvalue weighted by Crippen LogP contribution is -2.04. The molecule has 0 unspecified atom stereocenters. The first kappa shape index (κ1) is 59.5. The molecule has 0 saturated heterocycles. The normalized spacial score (nSPS) is 12.1. The number of rotatable bonds is 35. The quantitative estimate of drug-likeness (QED) is 0.00994. The fraction of sp³-hybridized carbons (Fsp3) is 0.387. The van der Waals surface area contributed by atoms with Crippen LogP contribution >= 0.6 is 45.3 Å². The van der Waals surface area contributed by atoms with Gasteiger partial charge >= 0.3 is 14.9 Å². The topological polar surface area (TPSA) is 43.2 Å². The van der Waals surface area contributed by atoms with Gasteiger partial charge in [-0.25, -0.2) is 17.3 Å². The Hall–Kier alpha value is -4.72. The van der Waals surface area contributed by atoms with Crippen LogP contribution in [-0.4, -0.2) is 27.4 Å². The number of hydrogen-bond acceptors (Lipinski definition) is 6. The number of aliphatic imine (C=N–C) groups is 2. The van der Waals surface area contributed by atoms with E-state index in [0.29, 0.717) is 22.5 Å². The minimum Gasteiger partial charge on any atom is -0.505 e. The fourth-order valence-corrected chi connectivity index (χ4v) is 12.1. The highest BCUT2D eigenvalue weighted by molar-refractivity contribution is 14.1. The molecule has 0 aliphatic carbocycles. The highest BCUT2D eigenvalue weighted by atomic mass is 127. The van der Waals surface area contributed by atoms with E-state index in [1.807, 2.05) is 103 Å². The average Bonchev–Trinajstić information content (AvgIpc) is 4.05. The van der Waals surface area contributed by atoms with Crippen LogP contribution in [-0.2, 0) is 22.2 Å². The number of hydrogen-bond donors (Lipinski definition) is 0. The van der Waals surface area contributed by atoms with Crippen molar-refractivity contribution in [1.29, 1.82) is 0 Å². The zero-order valence-corrected chi connectivity index (χ0v) is 47.7. The Labute approximate surface area is 467 Å². The van der Waals surface area contributed by atoms with Crippen LogP contribution in [0.2, 0.25) is 0 Å². The molecule has 4 aromatic carbocycles. The number of nitrogens with zero attached hydrogens (tertiary/aromatic N) is 2. The second-order valence-corrected chi connectivity index (χ2v) is 22.5. The standard InChI is InChI=1S/C62H73B2F4IN2O2S2/c1-3-5-7-9-11-13-15-17-19-22-26-52-46-59(50-34-30-48(31-35-50)57(72-63(65)66)42-44-70-55-28-24-21-25-29-55)74-61(52)62-53(27-23-20-18-16-14-12-10-8-6-4-2)47-60(75-62)51-36-32-49(33-37-51)58(73-64(67)68)43-45-71-56-40-38-54(69)39-41-56/h21,24-25,28-47H,3-20,22-23,26-27H2,1-2H3/b57-42+,58-43+,70-44?,71-45?. The van der Waals surface area contributed by atoms with Gasteiger partial charge in [-0.15, -0.1) is 22.7 Å². The SMILES string of the molecule is CCCCCCCCCCCCc1cc(-c2ccc(/C(=C\C=Nc3ccccc3)OB(F)F)cc2)sc1-c1sc(-c2ccc(/C(=C\C=Nc3ccc(I)cc3)OB(F)F)cc2)cc1CCCCCCCCCCCC. The van der Waals surface area contributed by atoms with Crippen LogP contribution in [0.1, 0.15) is 165 Å². The Bertz CT molecular complexity index is 2670. The monoisotopic (exact) mass is 1170 g/mol. The molecule has 2 heterocycles. The summed E-state index contributed by atoms with van der Waals surface area (Å²) in [7, 11) is -5.97. The lowest BCUT2D eigenvalue weighted by atomic mass is 10.00. The largest absolute Gasteiger partial charge is 0.796 e. The molecule has 6 rings (SSSR count). The minimum atomic E-state index is -2.99. The van der Waals surface area contributed by atoms with Crippen LogP contribution in [0, 0.1) is 3.57 Å². The van der Waals surface area contributed by atoms with Gasteiger partial charge in [-0.1, -0.05) is 196 Å². The highest BCUT2D eigenvalue weighted by Gasteiger charge is 2.23. The molecule has 0 bridgehead atoms. The van der Waals surface area contributed by atoms with Gasteiger partial charge in [0.15, 0.2) is 0 Å². The maximum Gasteiger partial charge on any atom is 0.796 e. The van der Waals surface area contributed by atoms with Crippen molar-refractivity contribution in [2.24, 2.45) is 9.98 Å². The number of thiophene rings is 2. The Kier molecular flexibility index (Phi) is 27.1. The molecule has 0 fully saturated rings. The van der Waals surface area contributed by atoms with Crippen molar-refractivity contribution in [3.05, 3.63) is 153 Å². The van der Waals surface area contributed by atoms with Crippen molar-refractivity contribution in [1.82, 2.24) is 0 Å². The molecule has 0 atom stereocenters. The van der Waals surface area contributed by atoms with Crippen LogP contribution in [0.25, 0.3) is 42.2 Å². The molecule has 0 spiro atoms. The summed E-state index contributed by atoms with van der Waals surface area (Å²) in [4.78, 5) is 13.6. The van der Waals surface area contributed by atoms with Crippen molar-refractivity contribution in [3.8, 4) is 30.6 Å². The Balaban J connectivity index is 1.29. The molecule has 4 nitrogen and oxygen atoms in total. The minimum absolute atomic E-state index is 0.0424. The molecule has 0 amide bonds.